The summed E-state index contributed by atoms with van der Waals surface area (Å²) in [7, 11) is 0. The first-order chi connectivity index (χ1) is 12.0. The van der Waals surface area contributed by atoms with E-state index in [1.807, 2.05) is 49.4 Å². The number of nitrogens with one attached hydrogen (secondary N) is 2. The van der Waals surface area contributed by atoms with Crippen LogP contribution >= 0.6 is 39.7 Å². The standard InChI is InChI=1S/C19H14BrClN2OS/c1-11-8-9-12(10-17(11)21)22-19(25)23-18(24)15-6-2-5-14-13(15)4-3-7-16(14)20/h2-10H,1H3,(H2,22,23,24,25). The number of hydrogen-bond acceptors (Lipinski definition) is 2. The van der Waals surface area contributed by atoms with Crippen LogP contribution in [0.25, 0.3) is 10.8 Å². The van der Waals surface area contributed by atoms with Gasteiger partial charge in [-0.3, -0.25) is 10.1 Å². The molecule has 0 atom stereocenters. The number of halogens is 2. The maximum Gasteiger partial charge on any atom is 0.258 e. The van der Waals surface area contributed by atoms with Gasteiger partial charge in [0.25, 0.3) is 5.91 Å². The summed E-state index contributed by atoms with van der Waals surface area (Å²) in [4.78, 5) is 12.6. The Kier molecular flexibility index (Phi) is 5.37. The van der Waals surface area contributed by atoms with Gasteiger partial charge in [0.2, 0.25) is 0 Å². The van der Waals surface area contributed by atoms with Crippen molar-refractivity contribution in [1.29, 1.82) is 0 Å². The van der Waals surface area contributed by atoms with Crippen molar-refractivity contribution in [1.82, 2.24) is 5.32 Å². The fourth-order valence-electron chi connectivity index (χ4n) is 2.47. The molecule has 0 radical (unpaired) electrons. The van der Waals surface area contributed by atoms with Crippen molar-refractivity contribution in [2.45, 2.75) is 6.92 Å². The average Bonchev–Trinajstić information content (AvgIpc) is 2.58. The zero-order chi connectivity index (χ0) is 18.0. The molecule has 3 aromatic rings. The third kappa shape index (κ3) is 4.00. The Labute approximate surface area is 164 Å². The van der Waals surface area contributed by atoms with Gasteiger partial charge in [-0.05, 0) is 59.7 Å². The summed E-state index contributed by atoms with van der Waals surface area (Å²) in [5, 5.41) is 8.37. The second kappa shape index (κ2) is 7.52. The molecule has 0 aliphatic rings. The lowest BCUT2D eigenvalue weighted by molar-refractivity contribution is 0.0979. The summed E-state index contributed by atoms with van der Waals surface area (Å²) < 4.78 is 0.939. The Balaban J connectivity index is 1.79. The summed E-state index contributed by atoms with van der Waals surface area (Å²) >= 11 is 14.9. The van der Waals surface area contributed by atoms with Crippen LogP contribution in [0.1, 0.15) is 15.9 Å². The number of anilines is 1. The van der Waals surface area contributed by atoms with Gasteiger partial charge >= 0.3 is 0 Å². The zero-order valence-electron chi connectivity index (χ0n) is 13.3. The minimum absolute atomic E-state index is 0.219. The maximum atomic E-state index is 12.6. The Hall–Kier alpha value is -1.95. The number of hydrogen-bond donors (Lipinski definition) is 2. The second-order valence-electron chi connectivity index (χ2n) is 5.51. The molecule has 1 amide bonds. The number of benzene rings is 3. The SMILES string of the molecule is Cc1ccc(NC(=S)NC(=O)c2cccc3c(Br)cccc23)cc1Cl. The third-order valence-corrected chi connectivity index (χ3v) is 5.07. The third-order valence-electron chi connectivity index (χ3n) is 3.77. The molecule has 6 heteroatoms. The van der Waals surface area contributed by atoms with Crippen molar-refractivity contribution in [2.24, 2.45) is 0 Å². The summed E-state index contributed by atoms with van der Waals surface area (Å²) in [5.74, 6) is -0.264. The van der Waals surface area contributed by atoms with E-state index in [1.165, 1.54) is 0 Å². The molecule has 25 heavy (non-hydrogen) atoms. The molecular formula is C19H14BrClN2OS. The summed E-state index contributed by atoms with van der Waals surface area (Å²) in [5.41, 5.74) is 2.26. The number of rotatable bonds is 2. The number of amides is 1. The highest BCUT2D eigenvalue weighted by atomic mass is 79.9. The first kappa shape index (κ1) is 17.9. The molecule has 0 aliphatic heterocycles. The van der Waals surface area contributed by atoms with Crippen molar-refractivity contribution >= 4 is 67.2 Å². The van der Waals surface area contributed by atoms with Crippen molar-refractivity contribution in [3.05, 3.63) is 75.2 Å². The van der Waals surface area contributed by atoms with E-state index in [2.05, 4.69) is 26.6 Å². The van der Waals surface area contributed by atoms with E-state index >= 15 is 0 Å². The molecular weight excluding hydrogens is 420 g/mol. The average molecular weight is 434 g/mol. The molecule has 0 aromatic heterocycles. The van der Waals surface area contributed by atoms with Gasteiger partial charge in [-0.15, -0.1) is 0 Å². The molecule has 3 rings (SSSR count). The number of fused-ring (bicyclic) bond motifs is 1. The molecule has 3 nitrogen and oxygen atoms in total. The second-order valence-corrected chi connectivity index (χ2v) is 7.18. The summed E-state index contributed by atoms with van der Waals surface area (Å²) in [6.45, 7) is 1.92. The molecule has 3 aromatic carbocycles. The van der Waals surface area contributed by atoms with E-state index in [0.717, 1.165) is 26.5 Å². The van der Waals surface area contributed by atoms with Gasteiger partial charge in [-0.25, -0.2) is 0 Å². The van der Waals surface area contributed by atoms with Crippen LogP contribution < -0.4 is 10.6 Å². The molecule has 0 bridgehead atoms. The Morgan fingerprint density at radius 1 is 1.08 bits per heavy atom. The summed E-state index contributed by atoms with van der Waals surface area (Å²) in [6.07, 6.45) is 0. The molecule has 0 fully saturated rings. The quantitative estimate of drug-likeness (QED) is 0.510. The fraction of sp³-hybridized carbons (Fsp3) is 0.0526. The fourth-order valence-corrected chi connectivity index (χ4v) is 3.36. The number of aryl methyl sites for hydroxylation is 1. The molecule has 0 saturated heterocycles. The predicted octanol–water partition coefficient (Wildman–Crippen LogP) is 5.69. The molecule has 0 spiro atoms. The van der Waals surface area contributed by atoms with Gasteiger partial charge in [-0.1, -0.05) is 57.9 Å². The lowest BCUT2D eigenvalue weighted by atomic mass is 10.0. The van der Waals surface area contributed by atoms with Gasteiger partial charge in [0.1, 0.15) is 0 Å². The first-order valence-electron chi connectivity index (χ1n) is 7.51. The topological polar surface area (TPSA) is 41.1 Å². The van der Waals surface area contributed by atoms with E-state index in [1.54, 1.807) is 12.1 Å². The molecule has 0 saturated carbocycles. The van der Waals surface area contributed by atoms with E-state index < -0.39 is 0 Å². The first-order valence-corrected chi connectivity index (χ1v) is 9.09. The largest absolute Gasteiger partial charge is 0.332 e. The number of carbonyl (C=O) groups excluding carboxylic acids is 1. The van der Waals surface area contributed by atoms with E-state index in [-0.39, 0.29) is 11.0 Å². The highest BCUT2D eigenvalue weighted by molar-refractivity contribution is 9.10. The number of thiocarbonyl (C=S) groups is 1. The van der Waals surface area contributed by atoms with Crippen LogP contribution in [-0.2, 0) is 0 Å². The Bertz CT molecular complexity index is 990. The molecule has 0 unspecified atom stereocenters. The van der Waals surface area contributed by atoms with Crippen LogP contribution in [-0.4, -0.2) is 11.0 Å². The van der Waals surface area contributed by atoms with Crippen LogP contribution in [0.5, 0.6) is 0 Å². The van der Waals surface area contributed by atoms with Crippen LogP contribution in [0.4, 0.5) is 5.69 Å². The minimum Gasteiger partial charge on any atom is -0.332 e. The predicted molar refractivity (Wildman–Crippen MR) is 112 cm³/mol. The maximum absolute atomic E-state index is 12.6. The number of carbonyl (C=O) groups is 1. The lowest BCUT2D eigenvalue weighted by Gasteiger charge is -2.12. The van der Waals surface area contributed by atoms with E-state index in [0.29, 0.717) is 10.6 Å². The van der Waals surface area contributed by atoms with Crippen LogP contribution in [0.15, 0.2) is 59.1 Å². The smallest absolute Gasteiger partial charge is 0.258 e. The zero-order valence-corrected chi connectivity index (χ0v) is 16.4. The van der Waals surface area contributed by atoms with E-state index in [4.69, 9.17) is 23.8 Å². The normalized spacial score (nSPS) is 10.5. The van der Waals surface area contributed by atoms with Gasteiger partial charge in [0, 0.05) is 20.7 Å². The lowest BCUT2D eigenvalue weighted by Crippen LogP contribution is -2.34. The van der Waals surface area contributed by atoms with Gasteiger partial charge in [0.15, 0.2) is 5.11 Å². The van der Waals surface area contributed by atoms with Gasteiger partial charge < -0.3 is 5.32 Å². The monoisotopic (exact) mass is 432 g/mol. The van der Waals surface area contributed by atoms with Crippen molar-refractivity contribution in [3.63, 3.8) is 0 Å². The van der Waals surface area contributed by atoms with Crippen molar-refractivity contribution in [2.75, 3.05) is 5.32 Å². The summed E-state index contributed by atoms with van der Waals surface area (Å²) in [6, 6.07) is 16.8. The van der Waals surface area contributed by atoms with E-state index in [9.17, 15) is 4.79 Å². The van der Waals surface area contributed by atoms with Gasteiger partial charge in [0.05, 0.1) is 0 Å². The minimum atomic E-state index is -0.264. The van der Waals surface area contributed by atoms with Crippen LogP contribution in [0.2, 0.25) is 5.02 Å². The Morgan fingerprint density at radius 3 is 2.56 bits per heavy atom. The van der Waals surface area contributed by atoms with Gasteiger partial charge in [-0.2, -0.15) is 0 Å². The Morgan fingerprint density at radius 2 is 1.80 bits per heavy atom. The van der Waals surface area contributed by atoms with Crippen LogP contribution in [0.3, 0.4) is 0 Å². The van der Waals surface area contributed by atoms with Crippen LogP contribution in [0, 0.1) is 6.92 Å². The van der Waals surface area contributed by atoms with Crippen molar-refractivity contribution < 1.29 is 4.79 Å². The molecule has 2 N–H and O–H groups in total. The van der Waals surface area contributed by atoms with Crippen molar-refractivity contribution in [3.8, 4) is 0 Å². The molecule has 0 heterocycles. The highest BCUT2D eigenvalue weighted by Gasteiger charge is 2.12. The highest BCUT2D eigenvalue weighted by Crippen LogP contribution is 2.26. The molecule has 126 valence electrons. The molecule has 0 aliphatic carbocycles.